The van der Waals surface area contributed by atoms with Crippen LogP contribution in [0.3, 0.4) is 0 Å². The van der Waals surface area contributed by atoms with Gasteiger partial charge in [-0.1, -0.05) is 158 Å². The van der Waals surface area contributed by atoms with Crippen LogP contribution in [0.5, 0.6) is 0 Å². The van der Waals surface area contributed by atoms with Crippen LogP contribution in [0.15, 0.2) is 146 Å². The molecule has 1 aromatic heterocycles. The Kier molecular flexibility index (Phi) is 8.69. The van der Waals surface area contributed by atoms with Crippen LogP contribution in [0.2, 0.25) is 0 Å². The molecular formula is C48H39N3. The minimum absolute atomic E-state index is 0.732. The van der Waals surface area contributed by atoms with E-state index in [2.05, 4.69) is 176 Å². The number of anilines is 2. The Morgan fingerprint density at radius 3 is 2.08 bits per heavy atom. The number of hydrogen-bond donors (Lipinski definition) is 0. The smallest absolute Gasteiger partial charge is 0.161 e. The molecule has 6 aromatic carbocycles. The van der Waals surface area contributed by atoms with Crippen LogP contribution in [0.25, 0.3) is 80.0 Å². The van der Waals surface area contributed by atoms with E-state index in [1.807, 2.05) is 13.0 Å². The Balaban J connectivity index is 1.20. The minimum Gasteiger partial charge on any atom is -0.344 e. The lowest BCUT2D eigenvalue weighted by atomic mass is 9.94. The molecule has 246 valence electrons. The van der Waals surface area contributed by atoms with Crippen molar-refractivity contribution in [1.82, 2.24) is 9.97 Å². The first-order valence-corrected chi connectivity index (χ1v) is 17.6. The predicted molar refractivity (Wildman–Crippen MR) is 218 cm³/mol. The molecule has 1 aliphatic rings. The fourth-order valence-electron chi connectivity index (χ4n) is 7.33. The van der Waals surface area contributed by atoms with Crippen molar-refractivity contribution < 1.29 is 0 Å². The molecule has 0 bridgehead atoms. The van der Waals surface area contributed by atoms with Crippen LogP contribution >= 0.6 is 0 Å². The summed E-state index contributed by atoms with van der Waals surface area (Å²) in [5.41, 5.74) is 12.3. The van der Waals surface area contributed by atoms with E-state index in [0.717, 1.165) is 57.2 Å². The molecule has 0 amide bonds. The zero-order chi connectivity index (χ0) is 34.7. The second kappa shape index (κ2) is 13.9. The van der Waals surface area contributed by atoms with Crippen LogP contribution in [0, 0.1) is 0 Å². The van der Waals surface area contributed by atoms with Gasteiger partial charge in [0.2, 0.25) is 0 Å². The van der Waals surface area contributed by atoms with Crippen molar-refractivity contribution in [3.05, 3.63) is 168 Å². The average molecular weight is 658 g/mol. The van der Waals surface area contributed by atoms with Crippen molar-refractivity contribution in [3.8, 4) is 44.9 Å². The van der Waals surface area contributed by atoms with E-state index >= 15 is 0 Å². The Morgan fingerprint density at radius 1 is 0.588 bits per heavy atom. The molecule has 3 nitrogen and oxygen atoms in total. The standard InChI is InChI=1S/C48H39N3/c1-4-16-37-33(5-2)19-15-24-42(37)48-49-44-25-13-11-23-43(44)47(50-48)36-29-27-35(28-30-36)38-31-32-46(41-22-10-9-21-40(38)41)51(3)45-26-14-12-20-39(45)34-17-7-6-8-18-34/h4-10,12,14-32H,2,11,13H2,1,3H3/b16-4-. The maximum absolute atomic E-state index is 5.25. The first kappa shape index (κ1) is 31.9. The number of aromatic nitrogens is 2. The van der Waals surface area contributed by atoms with Crippen molar-refractivity contribution in [2.24, 2.45) is 0 Å². The Bertz CT molecular complexity index is 2560. The highest BCUT2D eigenvalue weighted by atomic mass is 15.1. The topological polar surface area (TPSA) is 29.0 Å². The summed E-state index contributed by atoms with van der Waals surface area (Å²) < 4.78 is 0. The second-order valence-corrected chi connectivity index (χ2v) is 12.9. The van der Waals surface area contributed by atoms with Gasteiger partial charge in [-0.05, 0) is 65.1 Å². The molecule has 3 heteroatoms. The number of hydrogen-bond acceptors (Lipinski definition) is 3. The zero-order valence-corrected chi connectivity index (χ0v) is 29.1. The van der Waals surface area contributed by atoms with Crippen LogP contribution < -0.4 is 15.5 Å². The molecule has 0 N–H and O–H groups in total. The van der Waals surface area contributed by atoms with Crippen molar-refractivity contribution in [1.29, 1.82) is 0 Å². The van der Waals surface area contributed by atoms with E-state index in [1.165, 1.54) is 44.4 Å². The van der Waals surface area contributed by atoms with Crippen LogP contribution in [-0.2, 0) is 0 Å². The van der Waals surface area contributed by atoms with Gasteiger partial charge >= 0.3 is 0 Å². The van der Waals surface area contributed by atoms with Crippen molar-refractivity contribution in [2.45, 2.75) is 19.8 Å². The van der Waals surface area contributed by atoms with E-state index < -0.39 is 0 Å². The summed E-state index contributed by atoms with van der Waals surface area (Å²) >= 11 is 0. The number of rotatable bonds is 8. The molecule has 0 radical (unpaired) electrons. The molecule has 0 spiro atoms. The van der Waals surface area contributed by atoms with Crippen molar-refractivity contribution >= 4 is 46.5 Å². The Labute approximate surface area is 299 Å². The molecule has 8 rings (SSSR count). The van der Waals surface area contributed by atoms with Crippen molar-refractivity contribution in [2.75, 3.05) is 11.9 Å². The number of benzene rings is 6. The van der Waals surface area contributed by atoms with E-state index in [0.29, 0.717) is 0 Å². The first-order valence-electron chi connectivity index (χ1n) is 17.6. The third-order valence-corrected chi connectivity index (χ3v) is 9.84. The van der Waals surface area contributed by atoms with Crippen LogP contribution in [0.4, 0.5) is 11.4 Å². The largest absolute Gasteiger partial charge is 0.344 e. The monoisotopic (exact) mass is 657 g/mol. The van der Waals surface area contributed by atoms with Gasteiger partial charge in [-0.15, -0.1) is 0 Å². The number of allylic oxidation sites excluding steroid dienone is 1. The predicted octanol–water partition coefficient (Wildman–Crippen LogP) is 11.1. The minimum atomic E-state index is 0.732. The lowest BCUT2D eigenvalue weighted by Gasteiger charge is -2.25. The number of para-hydroxylation sites is 1. The highest BCUT2D eigenvalue weighted by Crippen LogP contribution is 2.40. The molecule has 0 saturated heterocycles. The van der Waals surface area contributed by atoms with E-state index in [9.17, 15) is 0 Å². The number of fused-ring (bicyclic) bond motifs is 2. The molecule has 0 fully saturated rings. The van der Waals surface area contributed by atoms with Gasteiger partial charge in [0.25, 0.3) is 0 Å². The van der Waals surface area contributed by atoms with Gasteiger partial charge in [0.1, 0.15) is 0 Å². The normalized spacial score (nSPS) is 12.3. The Hall–Kier alpha value is -6.32. The quantitative estimate of drug-likeness (QED) is 0.163. The summed E-state index contributed by atoms with van der Waals surface area (Å²) in [7, 11) is 2.16. The van der Waals surface area contributed by atoms with Crippen LogP contribution in [-0.4, -0.2) is 17.0 Å². The summed E-state index contributed by atoms with van der Waals surface area (Å²) in [5, 5.41) is 4.54. The zero-order valence-electron chi connectivity index (χ0n) is 29.1. The Morgan fingerprint density at radius 2 is 1.27 bits per heavy atom. The van der Waals surface area contributed by atoms with Gasteiger partial charge in [-0.2, -0.15) is 0 Å². The molecule has 0 aliphatic heterocycles. The molecule has 1 aliphatic carbocycles. The number of nitrogens with zero attached hydrogens (tertiary/aromatic N) is 3. The summed E-state index contributed by atoms with van der Waals surface area (Å²) in [6.45, 7) is 6.08. The van der Waals surface area contributed by atoms with Gasteiger partial charge in [-0.3, -0.25) is 0 Å². The SMILES string of the molecule is C=Cc1cccc(-c2nc(-c3ccc(-c4ccc(N(C)c5ccccc5-c5ccccc5)c5ccccc45)cc3)c3c(n2)=CCCC=3)c1/C=C\C. The molecular weight excluding hydrogens is 619 g/mol. The fraction of sp³-hybridized carbons (Fsp3) is 0.0833. The summed E-state index contributed by atoms with van der Waals surface area (Å²) in [5.74, 6) is 0.732. The van der Waals surface area contributed by atoms with E-state index in [-0.39, 0.29) is 0 Å². The molecule has 0 unspecified atom stereocenters. The third kappa shape index (κ3) is 5.98. The summed E-state index contributed by atoms with van der Waals surface area (Å²) in [6, 6.07) is 47.6. The van der Waals surface area contributed by atoms with Crippen LogP contribution in [0.1, 0.15) is 30.9 Å². The molecule has 7 aromatic rings. The first-order chi connectivity index (χ1) is 25.1. The van der Waals surface area contributed by atoms with E-state index in [1.54, 1.807) is 0 Å². The average Bonchev–Trinajstić information content (AvgIpc) is 3.20. The lowest BCUT2D eigenvalue weighted by molar-refractivity contribution is 1.04. The van der Waals surface area contributed by atoms with Gasteiger partial charge < -0.3 is 4.90 Å². The maximum Gasteiger partial charge on any atom is 0.161 e. The van der Waals surface area contributed by atoms with Gasteiger partial charge in [0.05, 0.1) is 11.0 Å². The highest BCUT2D eigenvalue weighted by Gasteiger charge is 2.17. The fourth-order valence-corrected chi connectivity index (χ4v) is 7.33. The van der Waals surface area contributed by atoms with E-state index in [4.69, 9.17) is 9.97 Å². The third-order valence-electron chi connectivity index (χ3n) is 9.84. The lowest BCUT2D eigenvalue weighted by Crippen LogP contribution is -2.33. The maximum atomic E-state index is 5.25. The highest BCUT2D eigenvalue weighted by molar-refractivity contribution is 6.05. The van der Waals surface area contributed by atoms with Gasteiger partial charge in [0.15, 0.2) is 5.82 Å². The molecule has 51 heavy (non-hydrogen) atoms. The molecule has 0 atom stereocenters. The molecule has 1 heterocycles. The second-order valence-electron chi connectivity index (χ2n) is 12.9. The summed E-state index contributed by atoms with van der Waals surface area (Å²) in [6.07, 6.45) is 12.6. The van der Waals surface area contributed by atoms with Gasteiger partial charge in [0, 0.05) is 45.7 Å². The summed E-state index contributed by atoms with van der Waals surface area (Å²) in [4.78, 5) is 12.6. The molecule has 0 saturated carbocycles. The van der Waals surface area contributed by atoms with Gasteiger partial charge in [-0.25, -0.2) is 9.97 Å². The van der Waals surface area contributed by atoms with Crippen molar-refractivity contribution in [3.63, 3.8) is 0 Å².